The van der Waals surface area contributed by atoms with Crippen LogP contribution in [0.3, 0.4) is 0 Å². The number of hydrazone groups is 1. The van der Waals surface area contributed by atoms with Crippen LogP contribution in [0.5, 0.6) is 11.5 Å². The van der Waals surface area contributed by atoms with Gasteiger partial charge < -0.3 is 9.47 Å². The Morgan fingerprint density at radius 3 is 2.54 bits per heavy atom. The lowest BCUT2D eigenvalue weighted by Crippen LogP contribution is -2.40. The number of methoxy groups -OCH3 is 1. The number of benzene rings is 2. The van der Waals surface area contributed by atoms with E-state index in [1.54, 1.807) is 17.9 Å². The van der Waals surface area contributed by atoms with Crippen LogP contribution in [0, 0.1) is 0 Å². The van der Waals surface area contributed by atoms with E-state index in [0.717, 1.165) is 11.1 Å². The lowest BCUT2D eigenvalue weighted by atomic mass is 10.2. The Morgan fingerprint density at radius 2 is 1.79 bits per heavy atom. The Balaban J connectivity index is 1.56. The third-order valence-electron chi connectivity index (χ3n) is 3.93. The number of rotatable bonds is 8. The van der Waals surface area contributed by atoms with E-state index in [0.29, 0.717) is 18.1 Å². The molecule has 0 aliphatic heterocycles. The second-order valence-electron chi connectivity index (χ2n) is 6.03. The lowest BCUT2D eigenvalue weighted by Gasteiger charge is -2.11. The van der Waals surface area contributed by atoms with E-state index < -0.39 is 0 Å². The third-order valence-corrected chi connectivity index (χ3v) is 3.93. The fraction of sp³-hybridized carbons (Fsp3) is 0.136. The van der Waals surface area contributed by atoms with Gasteiger partial charge in [0, 0.05) is 12.1 Å². The van der Waals surface area contributed by atoms with Crippen molar-refractivity contribution in [2.45, 2.75) is 13.2 Å². The average molecular weight is 376 g/mol. The van der Waals surface area contributed by atoms with Crippen LogP contribution in [-0.2, 0) is 17.9 Å². The van der Waals surface area contributed by atoms with Crippen molar-refractivity contribution in [3.8, 4) is 11.5 Å². The van der Waals surface area contributed by atoms with Crippen molar-refractivity contribution < 1.29 is 18.8 Å². The van der Waals surface area contributed by atoms with E-state index in [2.05, 4.69) is 10.5 Å². The zero-order chi connectivity index (χ0) is 19.6. The Bertz CT molecular complexity index is 928. The Labute approximate surface area is 164 Å². The monoisotopic (exact) mass is 376 g/mol. The summed E-state index contributed by atoms with van der Waals surface area (Å²) in [6.07, 6.45) is 5.21. The molecule has 6 nitrogen and oxygen atoms in total. The number of carbonyl (C=O) groups excluding carboxylic acids is 1. The van der Waals surface area contributed by atoms with Crippen LogP contribution in [-0.4, -0.2) is 19.2 Å². The summed E-state index contributed by atoms with van der Waals surface area (Å²) in [5, 5.41) is 4.00. The van der Waals surface area contributed by atoms with Gasteiger partial charge in [-0.3, -0.25) is 4.79 Å². The molecule has 1 amide bonds. The number of carbonyl (C=O) groups is 1. The van der Waals surface area contributed by atoms with Crippen LogP contribution in [0.4, 0.5) is 0 Å². The summed E-state index contributed by atoms with van der Waals surface area (Å²) >= 11 is 0. The maximum absolute atomic E-state index is 11.9. The summed E-state index contributed by atoms with van der Waals surface area (Å²) in [7, 11) is 1.59. The minimum absolute atomic E-state index is 0.202. The topological polar surface area (TPSA) is 63.8 Å². The molecule has 0 atom stereocenters. The molecule has 6 heteroatoms. The second-order valence-corrected chi connectivity index (χ2v) is 6.03. The van der Waals surface area contributed by atoms with E-state index in [4.69, 9.17) is 9.47 Å². The third kappa shape index (κ3) is 5.67. The van der Waals surface area contributed by atoms with E-state index in [9.17, 15) is 4.79 Å². The molecule has 3 rings (SSSR count). The highest BCUT2D eigenvalue weighted by atomic mass is 16.5. The fourth-order valence-corrected chi connectivity index (χ4v) is 2.54. The van der Waals surface area contributed by atoms with Gasteiger partial charge in [0.1, 0.15) is 6.61 Å². The van der Waals surface area contributed by atoms with Gasteiger partial charge >= 0.3 is 5.91 Å². The molecule has 0 unspecified atom stereocenters. The molecule has 0 radical (unpaired) electrons. The molecule has 142 valence electrons. The van der Waals surface area contributed by atoms with Crippen molar-refractivity contribution in [1.29, 1.82) is 0 Å². The molecular weight excluding hydrogens is 354 g/mol. The summed E-state index contributed by atoms with van der Waals surface area (Å²) in [6, 6.07) is 21.0. The van der Waals surface area contributed by atoms with Gasteiger partial charge in [-0.2, -0.15) is 9.67 Å². The first-order chi connectivity index (χ1) is 13.7. The van der Waals surface area contributed by atoms with E-state index in [1.807, 2.05) is 79.1 Å². The minimum Gasteiger partial charge on any atom is -0.493 e. The smallest absolute Gasteiger partial charge is 0.305 e. The number of nitrogens with one attached hydrogen (secondary N) is 1. The van der Waals surface area contributed by atoms with Crippen LogP contribution < -0.4 is 19.5 Å². The number of amides is 1. The first-order valence-electron chi connectivity index (χ1n) is 8.85. The molecule has 1 N–H and O–H groups in total. The van der Waals surface area contributed by atoms with E-state index in [-0.39, 0.29) is 12.5 Å². The summed E-state index contributed by atoms with van der Waals surface area (Å²) in [4.78, 5) is 11.9. The molecule has 0 aliphatic rings. The van der Waals surface area contributed by atoms with Gasteiger partial charge in [0.2, 0.25) is 6.54 Å². The van der Waals surface area contributed by atoms with E-state index >= 15 is 0 Å². The number of pyridine rings is 1. The molecule has 3 aromatic rings. The maximum Gasteiger partial charge on any atom is 0.305 e. The van der Waals surface area contributed by atoms with Gasteiger partial charge in [-0.05, 0) is 29.3 Å². The molecule has 28 heavy (non-hydrogen) atoms. The molecule has 0 spiro atoms. The zero-order valence-electron chi connectivity index (χ0n) is 15.6. The zero-order valence-corrected chi connectivity index (χ0v) is 15.6. The number of aromatic nitrogens is 1. The molecule has 0 fully saturated rings. The maximum atomic E-state index is 11.9. The molecular formula is C22H22N3O3+. The van der Waals surface area contributed by atoms with E-state index in [1.165, 1.54) is 0 Å². The number of nitrogens with zero attached hydrogens (tertiary/aromatic N) is 2. The lowest BCUT2D eigenvalue weighted by molar-refractivity contribution is -0.684. The minimum atomic E-state index is -0.206. The normalized spacial score (nSPS) is 10.6. The van der Waals surface area contributed by atoms with Crippen molar-refractivity contribution >= 4 is 12.1 Å². The van der Waals surface area contributed by atoms with Gasteiger partial charge in [0.15, 0.2) is 23.9 Å². The van der Waals surface area contributed by atoms with Crippen LogP contribution in [0.25, 0.3) is 0 Å². The van der Waals surface area contributed by atoms with Crippen LogP contribution in [0.2, 0.25) is 0 Å². The Morgan fingerprint density at radius 1 is 1.04 bits per heavy atom. The highest BCUT2D eigenvalue weighted by Gasteiger charge is 2.08. The largest absolute Gasteiger partial charge is 0.493 e. The van der Waals surface area contributed by atoms with Gasteiger partial charge in [-0.25, -0.2) is 5.43 Å². The summed E-state index contributed by atoms with van der Waals surface area (Å²) in [5.41, 5.74) is 4.38. The number of hydrogen-bond donors (Lipinski definition) is 1. The molecule has 2 aromatic carbocycles. The molecule has 1 aromatic heterocycles. The highest BCUT2D eigenvalue weighted by molar-refractivity contribution is 5.82. The fourth-order valence-electron chi connectivity index (χ4n) is 2.54. The number of hydrogen-bond acceptors (Lipinski definition) is 4. The van der Waals surface area contributed by atoms with Gasteiger partial charge in [-0.15, -0.1) is 0 Å². The van der Waals surface area contributed by atoms with Gasteiger partial charge in [0.05, 0.1) is 13.3 Å². The van der Waals surface area contributed by atoms with Crippen LogP contribution >= 0.6 is 0 Å². The predicted octanol–water partition coefficient (Wildman–Crippen LogP) is 2.71. The van der Waals surface area contributed by atoms with Crippen molar-refractivity contribution in [3.63, 3.8) is 0 Å². The first-order valence-corrected chi connectivity index (χ1v) is 8.85. The predicted molar refractivity (Wildman–Crippen MR) is 106 cm³/mol. The first kappa shape index (κ1) is 19.1. The van der Waals surface area contributed by atoms with Crippen molar-refractivity contribution in [1.82, 2.24) is 5.43 Å². The second kappa shape index (κ2) is 9.87. The average Bonchev–Trinajstić information content (AvgIpc) is 2.74. The quantitative estimate of drug-likeness (QED) is 0.374. The SMILES string of the molecule is COc1cc(C=NNC(=O)C[n+]2ccccc2)ccc1OCc1ccccc1. The Hall–Kier alpha value is -3.67. The van der Waals surface area contributed by atoms with Crippen molar-refractivity contribution in [3.05, 3.63) is 90.3 Å². The van der Waals surface area contributed by atoms with Gasteiger partial charge in [-0.1, -0.05) is 36.4 Å². The molecule has 0 bridgehead atoms. The van der Waals surface area contributed by atoms with Crippen LogP contribution in [0.15, 0.2) is 84.2 Å². The summed E-state index contributed by atoms with van der Waals surface area (Å²) in [5.74, 6) is 1.04. The summed E-state index contributed by atoms with van der Waals surface area (Å²) < 4.78 is 13.0. The highest BCUT2D eigenvalue weighted by Crippen LogP contribution is 2.28. The molecule has 1 heterocycles. The number of ether oxygens (including phenoxy) is 2. The molecule has 0 aliphatic carbocycles. The van der Waals surface area contributed by atoms with Crippen molar-refractivity contribution in [2.24, 2.45) is 5.10 Å². The van der Waals surface area contributed by atoms with Gasteiger partial charge in [0.25, 0.3) is 0 Å². The molecule has 0 saturated heterocycles. The standard InChI is InChI=1S/C22H21N3O3/c1-27-21-14-19(10-11-20(21)28-17-18-8-4-2-5-9-18)15-23-24-22(26)16-25-12-6-3-7-13-25/h2-15H,16-17H2,1H3/p+1. The Kier molecular flexibility index (Phi) is 6.73. The summed E-state index contributed by atoms with van der Waals surface area (Å²) in [6.45, 7) is 0.658. The van der Waals surface area contributed by atoms with Crippen molar-refractivity contribution in [2.75, 3.05) is 7.11 Å². The van der Waals surface area contributed by atoms with Crippen LogP contribution in [0.1, 0.15) is 11.1 Å². The molecule has 0 saturated carbocycles.